The maximum Gasteiger partial charge on any atom is 0.323 e. The molecule has 1 atom stereocenters. The van der Waals surface area contributed by atoms with Gasteiger partial charge in [0.1, 0.15) is 0 Å². The zero-order chi connectivity index (χ0) is 11.7. The van der Waals surface area contributed by atoms with Gasteiger partial charge >= 0.3 is 5.69 Å². The smallest absolute Gasteiger partial charge is 0.313 e. The summed E-state index contributed by atoms with van der Waals surface area (Å²) in [5.41, 5.74) is 3.84. The summed E-state index contributed by atoms with van der Waals surface area (Å²) < 4.78 is 0. The Morgan fingerprint density at radius 3 is 3.00 bits per heavy atom. The van der Waals surface area contributed by atoms with Crippen molar-refractivity contribution >= 4 is 0 Å². The van der Waals surface area contributed by atoms with E-state index in [9.17, 15) is 4.79 Å². The normalized spacial score (nSPS) is 18.9. The first-order chi connectivity index (χ1) is 8.33. The Kier molecular flexibility index (Phi) is 2.59. The van der Waals surface area contributed by atoms with E-state index >= 15 is 0 Å². The molecule has 3 heteroatoms. The molecule has 0 saturated carbocycles. The van der Waals surface area contributed by atoms with Gasteiger partial charge in [-0.1, -0.05) is 24.3 Å². The van der Waals surface area contributed by atoms with Crippen molar-refractivity contribution in [2.75, 3.05) is 0 Å². The minimum Gasteiger partial charge on any atom is -0.313 e. The van der Waals surface area contributed by atoms with Crippen LogP contribution < -0.4 is 5.69 Å². The number of aromatic nitrogens is 2. The number of rotatable bonds is 2. The third kappa shape index (κ3) is 2.05. The van der Waals surface area contributed by atoms with Gasteiger partial charge < -0.3 is 9.97 Å². The Morgan fingerprint density at radius 2 is 2.18 bits per heavy atom. The molecular formula is C14H16N2O. The number of nitrogens with one attached hydrogen (secondary N) is 2. The maximum atomic E-state index is 11.1. The summed E-state index contributed by atoms with van der Waals surface area (Å²) in [6.45, 7) is 0. The number of fused-ring (bicyclic) bond motifs is 1. The molecule has 1 aromatic carbocycles. The van der Waals surface area contributed by atoms with Gasteiger partial charge in [-0.3, -0.25) is 0 Å². The van der Waals surface area contributed by atoms with E-state index in [-0.39, 0.29) is 5.69 Å². The van der Waals surface area contributed by atoms with Gasteiger partial charge in [0.05, 0.1) is 0 Å². The minimum atomic E-state index is -0.107. The third-order valence-corrected chi connectivity index (χ3v) is 3.61. The van der Waals surface area contributed by atoms with Crippen LogP contribution in [0, 0.1) is 0 Å². The lowest BCUT2D eigenvalue weighted by molar-refractivity contribution is 0.546. The van der Waals surface area contributed by atoms with Crippen LogP contribution in [0.3, 0.4) is 0 Å². The highest BCUT2D eigenvalue weighted by Crippen LogP contribution is 2.33. The minimum absolute atomic E-state index is 0.107. The van der Waals surface area contributed by atoms with Crippen LogP contribution in [-0.2, 0) is 12.8 Å². The summed E-state index contributed by atoms with van der Waals surface area (Å²) in [6.07, 6.45) is 6.37. The van der Waals surface area contributed by atoms with Gasteiger partial charge in [-0.15, -0.1) is 0 Å². The first kappa shape index (κ1) is 10.4. The fourth-order valence-electron chi connectivity index (χ4n) is 2.81. The molecule has 1 aromatic heterocycles. The van der Waals surface area contributed by atoms with Crippen molar-refractivity contribution in [3.63, 3.8) is 0 Å². The predicted octanol–water partition coefficient (Wildman–Crippen LogP) is 2.37. The van der Waals surface area contributed by atoms with E-state index in [1.54, 1.807) is 6.20 Å². The van der Waals surface area contributed by atoms with E-state index in [0.717, 1.165) is 12.1 Å². The molecule has 2 aromatic rings. The monoisotopic (exact) mass is 228 g/mol. The van der Waals surface area contributed by atoms with Crippen molar-refractivity contribution in [1.82, 2.24) is 9.97 Å². The Morgan fingerprint density at radius 1 is 1.29 bits per heavy atom. The Labute approximate surface area is 99.9 Å². The summed E-state index contributed by atoms with van der Waals surface area (Å²) in [6, 6.07) is 8.67. The second-order valence-electron chi connectivity index (χ2n) is 4.76. The molecule has 0 radical (unpaired) electrons. The van der Waals surface area contributed by atoms with Gasteiger partial charge in [-0.2, -0.15) is 0 Å². The lowest BCUT2D eigenvalue weighted by Crippen LogP contribution is -2.12. The number of imidazole rings is 1. The number of aryl methyl sites for hydroxylation is 1. The Bertz CT molecular complexity index is 567. The van der Waals surface area contributed by atoms with Crippen molar-refractivity contribution in [1.29, 1.82) is 0 Å². The van der Waals surface area contributed by atoms with Gasteiger partial charge in [0.2, 0.25) is 0 Å². The fraction of sp³-hybridized carbons (Fsp3) is 0.357. The molecule has 17 heavy (non-hydrogen) atoms. The number of aromatic amines is 2. The highest BCUT2D eigenvalue weighted by atomic mass is 16.1. The summed E-state index contributed by atoms with van der Waals surface area (Å²) >= 11 is 0. The molecule has 0 aliphatic heterocycles. The second-order valence-corrected chi connectivity index (χ2v) is 4.76. The largest absolute Gasteiger partial charge is 0.323 e. The van der Waals surface area contributed by atoms with E-state index < -0.39 is 0 Å². The SMILES string of the molecule is O=c1[nH]cc(CC2CCCc3ccccc32)[nH]1. The average molecular weight is 228 g/mol. The van der Waals surface area contributed by atoms with E-state index in [0.29, 0.717) is 5.92 Å². The lowest BCUT2D eigenvalue weighted by Gasteiger charge is -2.24. The molecule has 1 aliphatic carbocycles. The molecule has 0 spiro atoms. The topological polar surface area (TPSA) is 48.6 Å². The van der Waals surface area contributed by atoms with Crippen molar-refractivity contribution in [2.24, 2.45) is 0 Å². The molecule has 1 aliphatic rings. The molecule has 3 nitrogen and oxygen atoms in total. The predicted molar refractivity (Wildman–Crippen MR) is 67.2 cm³/mol. The number of hydrogen-bond donors (Lipinski definition) is 2. The average Bonchev–Trinajstić information content (AvgIpc) is 2.75. The van der Waals surface area contributed by atoms with Crippen molar-refractivity contribution in [2.45, 2.75) is 31.6 Å². The van der Waals surface area contributed by atoms with Gasteiger partial charge in [-0.25, -0.2) is 4.79 Å². The quantitative estimate of drug-likeness (QED) is 0.814. The molecule has 0 saturated heterocycles. The molecule has 0 bridgehead atoms. The van der Waals surface area contributed by atoms with Crippen molar-refractivity contribution < 1.29 is 0 Å². The van der Waals surface area contributed by atoms with Crippen LogP contribution in [0.25, 0.3) is 0 Å². The Hall–Kier alpha value is -1.77. The molecule has 0 fully saturated rings. The van der Waals surface area contributed by atoms with Crippen LogP contribution in [0.5, 0.6) is 0 Å². The zero-order valence-electron chi connectivity index (χ0n) is 9.70. The number of H-pyrrole nitrogens is 2. The van der Waals surface area contributed by atoms with Crippen LogP contribution in [0.1, 0.15) is 35.6 Å². The fourth-order valence-corrected chi connectivity index (χ4v) is 2.81. The van der Waals surface area contributed by atoms with Crippen LogP contribution in [0.15, 0.2) is 35.3 Å². The van der Waals surface area contributed by atoms with Crippen LogP contribution >= 0.6 is 0 Å². The first-order valence-corrected chi connectivity index (χ1v) is 6.17. The lowest BCUT2D eigenvalue weighted by atomic mass is 9.80. The molecular weight excluding hydrogens is 212 g/mol. The first-order valence-electron chi connectivity index (χ1n) is 6.17. The molecule has 1 heterocycles. The Balaban J connectivity index is 1.88. The maximum absolute atomic E-state index is 11.1. The number of benzene rings is 1. The summed E-state index contributed by atoms with van der Waals surface area (Å²) in [5, 5.41) is 0. The number of hydrogen-bond acceptors (Lipinski definition) is 1. The standard InChI is InChI=1S/C14H16N2O/c17-14-15-9-12(16-14)8-11-6-3-5-10-4-1-2-7-13(10)11/h1-2,4,7,9,11H,3,5-6,8H2,(H2,15,16,17). The zero-order valence-corrected chi connectivity index (χ0v) is 9.70. The highest BCUT2D eigenvalue weighted by molar-refractivity contribution is 5.33. The van der Waals surface area contributed by atoms with Crippen LogP contribution in [0.4, 0.5) is 0 Å². The molecule has 2 N–H and O–H groups in total. The van der Waals surface area contributed by atoms with Crippen LogP contribution in [-0.4, -0.2) is 9.97 Å². The van der Waals surface area contributed by atoms with E-state index in [1.165, 1.54) is 30.4 Å². The summed E-state index contributed by atoms with van der Waals surface area (Å²) in [5.74, 6) is 0.548. The molecule has 0 amide bonds. The molecule has 88 valence electrons. The van der Waals surface area contributed by atoms with Crippen molar-refractivity contribution in [3.05, 3.63) is 57.8 Å². The van der Waals surface area contributed by atoms with Gasteiger partial charge in [0.25, 0.3) is 0 Å². The second kappa shape index (κ2) is 4.24. The molecule has 3 rings (SSSR count). The van der Waals surface area contributed by atoms with Crippen LogP contribution in [0.2, 0.25) is 0 Å². The van der Waals surface area contributed by atoms with E-state index in [1.807, 2.05) is 0 Å². The van der Waals surface area contributed by atoms with Gasteiger partial charge in [0.15, 0.2) is 0 Å². The summed E-state index contributed by atoms with van der Waals surface area (Å²) in [7, 11) is 0. The summed E-state index contributed by atoms with van der Waals surface area (Å²) in [4.78, 5) is 16.6. The van der Waals surface area contributed by atoms with E-state index in [4.69, 9.17) is 0 Å². The molecule has 1 unspecified atom stereocenters. The highest BCUT2D eigenvalue weighted by Gasteiger charge is 2.20. The van der Waals surface area contributed by atoms with E-state index in [2.05, 4.69) is 34.2 Å². The van der Waals surface area contributed by atoms with Crippen molar-refractivity contribution in [3.8, 4) is 0 Å². The van der Waals surface area contributed by atoms with Gasteiger partial charge in [0, 0.05) is 11.9 Å². The third-order valence-electron chi connectivity index (χ3n) is 3.61. The van der Waals surface area contributed by atoms with Gasteiger partial charge in [-0.05, 0) is 42.7 Å².